The zero-order valence-electron chi connectivity index (χ0n) is 17.9. The second kappa shape index (κ2) is 9.77. The van der Waals surface area contributed by atoms with E-state index in [1.807, 2.05) is 48.5 Å². The maximum absolute atomic E-state index is 14.7. The Kier molecular flexibility index (Phi) is 6.65. The third-order valence-corrected chi connectivity index (χ3v) is 5.85. The number of aliphatic imine (C=N–C) groups is 1. The number of aromatic nitrogens is 1. The summed E-state index contributed by atoms with van der Waals surface area (Å²) < 4.78 is 20.1. The second-order valence-electron chi connectivity index (χ2n) is 8.22. The van der Waals surface area contributed by atoms with E-state index in [0.717, 1.165) is 42.8 Å². The highest BCUT2D eigenvalue weighted by Gasteiger charge is 2.15. The maximum atomic E-state index is 14.7. The first-order valence-electron chi connectivity index (χ1n) is 10.9. The van der Waals surface area contributed by atoms with Gasteiger partial charge in [-0.1, -0.05) is 54.5 Å². The van der Waals surface area contributed by atoms with Crippen LogP contribution in [0.15, 0.2) is 64.1 Å². The highest BCUT2D eigenvalue weighted by atomic mass is 19.1. The molecule has 1 fully saturated rings. The third-order valence-electron chi connectivity index (χ3n) is 5.85. The highest BCUT2D eigenvalue weighted by Crippen LogP contribution is 2.27. The Morgan fingerprint density at radius 2 is 1.90 bits per heavy atom. The van der Waals surface area contributed by atoms with E-state index in [1.54, 1.807) is 6.07 Å². The number of rotatable bonds is 6. The molecule has 0 radical (unpaired) electrons. The molecule has 0 aliphatic carbocycles. The number of halogens is 1. The summed E-state index contributed by atoms with van der Waals surface area (Å²) in [5, 5.41) is 4.17. The van der Waals surface area contributed by atoms with Gasteiger partial charge in [-0.2, -0.15) is 0 Å². The molecule has 1 unspecified atom stereocenters. The lowest BCUT2D eigenvalue weighted by Gasteiger charge is -2.27. The van der Waals surface area contributed by atoms with Gasteiger partial charge < -0.3 is 15.2 Å². The van der Waals surface area contributed by atoms with Crippen molar-refractivity contribution >= 4 is 5.96 Å². The Bertz CT molecular complexity index is 1030. The monoisotopic (exact) mass is 420 g/mol. The molecule has 5 nitrogen and oxygen atoms in total. The lowest BCUT2D eigenvalue weighted by Crippen LogP contribution is -2.40. The van der Waals surface area contributed by atoms with Crippen LogP contribution in [0.1, 0.15) is 49.1 Å². The molecular weight excluding hydrogens is 391 g/mol. The minimum Gasteiger partial charge on any atom is -0.370 e. The summed E-state index contributed by atoms with van der Waals surface area (Å²) in [6.07, 6.45) is 4.24. The van der Waals surface area contributed by atoms with Crippen molar-refractivity contribution < 1.29 is 8.91 Å². The van der Waals surface area contributed by atoms with Crippen molar-refractivity contribution in [1.82, 2.24) is 10.1 Å². The predicted molar refractivity (Wildman–Crippen MR) is 121 cm³/mol. The summed E-state index contributed by atoms with van der Waals surface area (Å²) in [6, 6.07) is 17.0. The number of benzene rings is 2. The minimum atomic E-state index is -0.209. The van der Waals surface area contributed by atoms with Gasteiger partial charge in [0.1, 0.15) is 12.4 Å². The zero-order valence-corrected chi connectivity index (χ0v) is 17.9. The van der Waals surface area contributed by atoms with Gasteiger partial charge in [0.25, 0.3) is 0 Å². The number of likely N-dealkylation sites (tertiary alicyclic amines) is 1. The van der Waals surface area contributed by atoms with Crippen LogP contribution in [0.4, 0.5) is 4.39 Å². The van der Waals surface area contributed by atoms with Gasteiger partial charge in [0.05, 0.1) is 5.69 Å². The number of guanidine groups is 1. The molecule has 0 bridgehead atoms. The molecule has 6 heteroatoms. The lowest BCUT2D eigenvalue weighted by atomic mass is 9.93. The van der Waals surface area contributed by atoms with Gasteiger partial charge in [-0.3, -0.25) is 0 Å². The van der Waals surface area contributed by atoms with Crippen molar-refractivity contribution in [2.45, 2.75) is 45.1 Å². The van der Waals surface area contributed by atoms with E-state index in [0.29, 0.717) is 30.2 Å². The van der Waals surface area contributed by atoms with E-state index in [4.69, 9.17) is 10.3 Å². The van der Waals surface area contributed by atoms with Gasteiger partial charge >= 0.3 is 0 Å². The van der Waals surface area contributed by atoms with Gasteiger partial charge in [-0.25, -0.2) is 9.38 Å². The van der Waals surface area contributed by atoms with Crippen LogP contribution in [-0.2, 0) is 13.0 Å². The van der Waals surface area contributed by atoms with Gasteiger partial charge in [0.15, 0.2) is 11.7 Å². The molecule has 1 aliphatic rings. The fourth-order valence-corrected chi connectivity index (χ4v) is 4.03. The molecule has 1 saturated heterocycles. The van der Waals surface area contributed by atoms with E-state index < -0.39 is 0 Å². The fraction of sp³-hybridized carbons (Fsp3) is 0.360. The first-order valence-corrected chi connectivity index (χ1v) is 10.9. The molecule has 1 atom stereocenters. The number of piperidine rings is 1. The third kappa shape index (κ3) is 5.32. The van der Waals surface area contributed by atoms with Gasteiger partial charge in [-0.05, 0) is 48.8 Å². The Labute approximate surface area is 182 Å². The van der Waals surface area contributed by atoms with Crippen molar-refractivity contribution in [3.63, 3.8) is 0 Å². The summed E-state index contributed by atoms with van der Waals surface area (Å²) in [4.78, 5) is 6.58. The first-order chi connectivity index (χ1) is 15.1. The van der Waals surface area contributed by atoms with Crippen molar-refractivity contribution in [3.8, 4) is 11.1 Å². The van der Waals surface area contributed by atoms with E-state index in [9.17, 15) is 4.39 Å². The van der Waals surface area contributed by atoms with Crippen molar-refractivity contribution in [2.75, 3.05) is 13.1 Å². The Morgan fingerprint density at radius 3 is 2.65 bits per heavy atom. The average Bonchev–Trinajstić information content (AvgIpc) is 3.25. The number of hydrogen-bond acceptors (Lipinski definition) is 3. The molecule has 2 aromatic carbocycles. The van der Waals surface area contributed by atoms with Gasteiger partial charge in [0.2, 0.25) is 0 Å². The number of hydrogen-bond donors (Lipinski definition) is 1. The summed E-state index contributed by atoms with van der Waals surface area (Å²) in [7, 11) is 0. The summed E-state index contributed by atoms with van der Waals surface area (Å²) >= 11 is 0. The van der Waals surface area contributed by atoms with Crippen LogP contribution < -0.4 is 5.73 Å². The molecule has 1 aromatic heterocycles. The Hall–Kier alpha value is -3.15. The van der Waals surface area contributed by atoms with Crippen LogP contribution in [0.25, 0.3) is 11.1 Å². The van der Waals surface area contributed by atoms with E-state index in [1.165, 1.54) is 6.42 Å². The summed E-state index contributed by atoms with van der Waals surface area (Å²) in [5.41, 5.74) is 9.38. The lowest BCUT2D eigenvalue weighted by molar-refractivity contribution is 0.336. The fourth-order valence-electron chi connectivity index (χ4n) is 4.03. The smallest absolute Gasteiger partial charge is 0.191 e. The quantitative estimate of drug-likeness (QED) is 0.444. The van der Waals surface area contributed by atoms with Crippen LogP contribution >= 0.6 is 0 Å². The Balaban J connectivity index is 1.37. The average molecular weight is 421 g/mol. The largest absolute Gasteiger partial charge is 0.370 e. The molecule has 0 amide bonds. The van der Waals surface area contributed by atoms with E-state index >= 15 is 0 Å². The molecule has 0 saturated carbocycles. The van der Waals surface area contributed by atoms with Crippen molar-refractivity contribution in [2.24, 2.45) is 10.7 Å². The van der Waals surface area contributed by atoms with Crippen LogP contribution in [-0.4, -0.2) is 29.1 Å². The van der Waals surface area contributed by atoms with E-state index in [-0.39, 0.29) is 11.7 Å². The standard InChI is InChI=1S/C25H29FN4O/c1-18(20-10-11-23(24(26)15-20)19-8-4-2-5-9-19)14-21-16-22(31-29-21)17-28-25(27)30-12-6-3-7-13-30/h2,4-5,8-11,15-16,18H,3,6-7,12-14,17H2,1H3,(H2,27,28). The second-order valence-corrected chi connectivity index (χ2v) is 8.22. The maximum Gasteiger partial charge on any atom is 0.191 e. The summed E-state index contributed by atoms with van der Waals surface area (Å²) in [5.74, 6) is 1.16. The molecule has 4 rings (SSSR count). The normalized spacial score (nSPS) is 15.8. The molecule has 162 valence electrons. The van der Waals surface area contributed by atoms with Gasteiger partial charge in [0, 0.05) is 24.7 Å². The molecule has 1 aliphatic heterocycles. The van der Waals surface area contributed by atoms with Crippen molar-refractivity contribution in [1.29, 1.82) is 0 Å². The Morgan fingerprint density at radius 1 is 1.13 bits per heavy atom. The minimum absolute atomic E-state index is 0.110. The predicted octanol–water partition coefficient (Wildman–Crippen LogP) is 5.13. The topological polar surface area (TPSA) is 67.7 Å². The number of nitrogens with two attached hydrogens (primary N) is 1. The van der Waals surface area contributed by atoms with Crippen LogP contribution in [0.5, 0.6) is 0 Å². The van der Waals surface area contributed by atoms with Crippen LogP contribution in [0.2, 0.25) is 0 Å². The molecule has 3 aromatic rings. The van der Waals surface area contributed by atoms with Crippen LogP contribution in [0.3, 0.4) is 0 Å². The zero-order chi connectivity index (χ0) is 21.6. The first kappa shape index (κ1) is 21.1. The SMILES string of the molecule is CC(Cc1cc(CN=C(N)N2CCCCC2)on1)c1ccc(-c2ccccc2)c(F)c1. The van der Waals surface area contributed by atoms with Crippen molar-refractivity contribution in [3.05, 3.63) is 77.4 Å². The molecular formula is C25H29FN4O. The van der Waals surface area contributed by atoms with Gasteiger partial charge in [-0.15, -0.1) is 0 Å². The summed E-state index contributed by atoms with van der Waals surface area (Å²) in [6.45, 7) is 4.38. The number of nitrogens with zero attached hydrogens (tertiary/aromatic N) is 3. The molecule has 0 spiro atoms. The molecule has 31 heavy (non-hydrogen) atoms. The highest BCUT2D eigenvalue weighted by molar-refractivity contribution is 5.78. The molecule has 2 heterocycles. The van der Waals surface area contributed by atoms with E-state index in [2.05, 4.69) is 22.0 Å². The molecule has 2 N–H and O–H groups in total. The van der Waals surface area contributed by atoms with Crippen LogP contribution in [0, 0.1) is 5.82 Å².